The lowest BCUT2D eigenvalue weighted by Gasteiger charge is -2.39. The van der Waals surface area contributed by atoms with Crippen molar-refractivity contribution in [3.63, 3.8) is 0 Å². The van der Waals surface area contributed by atoms with E-state index in [0.29, 0.717) is 0 Å². The van der Waals surface area contributed by atoms with Crippen molar-refractivity contribution in [3.05, 3.63) is 0 Å². The maximum atomic E-state index is 10.7. The molecule has 0 aromatic rings. The largest absolute Gasteiger partial charge is 0.394 e. The second kappa shape index (κ2) is 11.1. The molecule has 5 N–H and O–H groups in total. The Bertz CT molecular complexity index is 236. The highest BCUT2D eigenvalue weighted by molar-refractivity contribution is 5.73. The van der Waals surface area contributed by atoms with Crippen LogP contribution >= 0.6 is 0 Å². The van der Waals surface area contributed by atoms with Crippen molar-refractivity contribution >= 4 is 5.91 Å². The Hall–Kier alpha value is -0.730. The van der Waals surface area contributed by atoms with E-state index in [0.717, 1.165) is 0 Å². The molecule has 0 spiro atoms. The van der Waals surface area contributed by atoms with Crippen LogP contribution in [0.1, 0.15) is 34.6 Å². The molecule has 5 unspecified atom stereocenters. The molecule has 19 heavy (non-hydrogen) atoms. The third-order valence-electron chi connectivity index (χ3n) is 2.24. The summed E-state index contributed by atoms with van der Waals surface area (Å²) in [6, 6.07) is 0. The van der Waals surface area contributed by atoms with Gasteiger partial charge in [-0.25, -0.2) is 0 Å². The fraction of sp³-hybridized carbons (Fsp3) is 0.917. The smallest absolute Gasteiger partial charge is 0.218 e. The number of rotatable bonds is 2. The predicted octanol–water partition coefficient (Wildman–Crippen LogP) is -1.03. The summed E-state index contributed by atoms with van der Waals surface area (Å²) >= 11 is 0. The van der Waals surface area contributed by atoms with Gasteiger partial charge in [-0.3, -0.25) is 4.79 Å². The van der Waals surface area contributed by atoms with E-state index in [2.05, 4.69) is 5.32 Å². The number of hydrogen-bond donors (Lipinski definition) is 5. The summed E-state index contributed by atoms with van der Waals surface area (Å²) in [4.78, 5) is 10.7. The summed E-state index contributed by atoms with van der Waals surface area (Å²) in [6.07, 6.45) is -6.42. The lowest BCUT2D eigenvalue weighted by Crippen LogP contribution is -2.63. The van der Waals surface area contributed by atoms with Crippen LogP contribution in [0.4, 0.5) is 0 Å². The van der Waals surface area contributed by atoms with E-state index in [4.69, 9.17) is 9.84 Å². The fourth-order valence-electron chi connectivity index (χ4n) is 1.42. The third-order valence-corrected chi connectivity index (χ3v) is 2.24. The van der Waals surface area contributed by atoms with E-state index < -0.39 is 43.2 Å². The van der Waals surface area contributed by atoms with Crippen LogP contribution in [0.3, 0.4) is 0 Å². The number of ether oxygens (including phenoxy) is 1. The Kier molecular flexibility index (Phi) is 12.1. The molecule has 5 atom stereocenters. The van der Waals surface area contributed by atoms with Gasteiger partial charge < -0.3 is 30.5 Å². The lowest BCUT2D eigenvalue weighted by atomic mass is 9.98. The average Bonchev–Trinajstić information content (AvgIpc) is 2.43. The Morgan fingerprint density at radius 1 is 1.05 bits per heavy atom. The Morgan fingerprint density at radius 3 is 1.89 bits per heavy atom. The van der Waals surface area contributed by atoms with Gasteiger partial charge in [-0.2, -0.15) is 0 Å². The SMILES string of the molecule is CC.CC.CC(=O)NC1OC(CO)C(O)C(O)C1O. The van der Waals surface area contributed by atoms with Crippen molar-refractivity contribution in [1.29, 1.82) is 0 Å². The highest BCUT2D eigenvalue weighted by Gasteiger charge is 2.43. The third kappa shape index (κ3) is 6.31. The van der Waals surface area contributed by atoms with Gasteiger partial charge >= 0.3 is 0 Å². The van der Waals surface area contributed by atoms with E-state index in [-0.39, 0.29) is 0 Å². The van der Waals surface area contributed by atoms with Crippen molar-refractivity contribution in [2.45, 2.75) is 65.3 Å². The zero-order valence-corrected chi connectivity index (χ0v) is 12.2. The quantitative estimate of drug-likeness (QED) is 0.442. The molecule has 0 aromatic carbocycles. The first-order chi connectivity index (χ1) is 8.97. The molecule has 1 rings (SSSR count). The minimum atomic E-state index is -1.47. The topological polar surface area (TPSA) is 119 Å². The minimum Gasteiger partial charge on any atom is -0.394 e. The number of nitrogens with one attached hydrogen (secondary N) is 1. The van der Waals surface area contributed by atoms with Gasteiger partial charge in [0.05, 0.1) is 6.61 Å². The molecular formula is C12H27NO6. The maximum Gasteiger partial charge on any atom is 0.218 e. The molecule has 1 fully saturated rings. The fourth-order valence-corrected chi connectivity index (χ4v) is 1.42. The first-order valence-electron chi connectivity index (χ1n) is 6.55. The van der Waals surface area contributed by atoms with Crippen LogP contribution in [-0.2, 0) is 9.53 Å². The van der Waals surface area contributed by atoms with Crippen LogP contribution in [0.15, 0.2) is 0 Å². The first-order valence-corrected chi connectivity index (χ1v) is 6.55. The average molecular weight is 281 g/mol. The molecular weight excluding hydrogens is 254 g/mol. The minimum absolute atomic E-state index is 0.445. The highest BCUT2D eigenvalue weighted by Crippen LogP contribution is 2.19. The maximum absolute atomic E-state index is 10.7. The molecule has 7 nitrogen and oxygen atoms in total. The van der Waals surface area contributed by atoms with Crippen LogP contribution in [0.5, 0.6) is 0 Å². The van der Waals surface area contributed by atoms with Crippen LogP contribution in [-0.4, -0.2) is 63.6 Å². The van der Waals surface area contributed by atoms with E-state index in [9.17, 15) is 20.1 Å². The summed E-state index contributed by atoms with van der Waals surface area (Å²) in [7, 11) is 0. The molecule has 1 saturated heterocycles. The summed E-state index contributed by atoms with van der Waals surface area (Å²) in [6.45, 7) is 8.71. The second-order valence-corrected chi connectivity index (χ2v) is 3.45. The Morgan fingerprint density at radius 2 is 1.53 bits per heavy atom. The number of carbonyl (C=O) groups is 1. The number of aliphatic hydroxyl groups excluding tert-OH is 4. The molecule has 7 heteroatoms. The molecule has 1 aliphatic rings. The van der Waals surface area contributed by atoms with Gasteiger partial charge in [0.25, 0.3) is 0 Å². The van der Waals surface area contributed by atoms with Crippen molar-refractivity contribution in [1.82, 2.24) is 5.32 Å². The number of hydrogen-bond acceptors (Lipinski definition) is 6. The molecule has 0 aliphatic carbocycles. The van der Waals surface area contributed by atoms with E-state index in [1.165, 1.54) is 6.92 Å². The second-order valence-electron chi connectivity index (χ2n) is 3.45. The van der Waals surface area contributed by atoms with Crippen molar-refractivity contribution in [2.24, 2.45) is 0 Å². The highest BCUT2D eigenvalue weighted by atomic mass is 16.6. The van der Waals surface area contributed by atoms with E-state index in [1.807, 2.05) is 27.7 Å². The monoisotopic (exact) mass is 281 g/mol. The molecule has 1 heterocycles. The summed E-state index contributed by atoms with van der Waals surface area (Å²) in [5, 5.41) is 39.3. The van der Waals surface area contributed by atoms with Gasteiger partial charge in [-0.15, -0.1) is 0 Å². The molecule has 1 amide bonds. The van der Waals surface area contributed by atoms with Gasteiger partial charge in [0.15, 0.2) is 6.23 Å². The normalized spacial score (nSPS) is 33.2. The van der Waals surface area contributed by atoms with Gasteiger partial charge in [-0.1, -0.05) is 27.7 Å². The van der Waals surface area contributed by atoms with Gasteiger partial charge in [0, 0.05) is 6.92 Å². The molecule has 0 bridgehead atoms. The van der Waals surface area contributed by atoms with Crippen LogP contribution in [0.25, 0.3) is 0 Å². The number of aliphatic hydroxyl groups is 4. The predicted molar refractivity (Wildman–Crippen MR) is 70.3 cm³/mol. The molecule has 0 radical (unpaired) electrons. The molecule has 0 saturated carbocycles. The molecule has 0 aromatic heterocycles. The molecule has 1 aliphatic heterocycles. The van der Waals surface area contributed by atoms with Crippen LogP contribution in [0.2, 0.25) is 0 Å². The zero-order chi connectivity index (χ0) is 15.6. The van der Waals surface area contributed by atoms with Crippen molar-refractivity contribution in [2.75, 3.05) is 6.61 Å². The summed E-state index contributed by atoms with van der Waals surface area (Å²) in [5.74, 6) is -0.445. The Labute approximate surface area is 114 Å². The van der Waals surface area contributed by atoms with Crippen LogP contribution in [0, 0.1) is 0 Å². The zero-order valence-electron chi connectivity index (χ0n) is 12.2. The van der Waals surface area contributed by atoms with Crippen molar-refractivity contribution < 1.29 is 30.0 Å². The van der Waals surface area contributed by atoms with Crippen LogP contribution < -0.4 is 5.32 Å². The summed E-state index contributed by atoms with van der Waals surface area (Å²) in [5.41, 5.74) is 0. The summed E-state index contributed by atoms with van der Waals surface area (Å²) < 4.78 is 5.00. The first kappa shape index (κ1) is 20.6. The van der Waals surface area contributed by atoms with E-state index in [1.54, 1.807) is 0 Å². The van der Waals surface area contributed by atoms with Gasteiger partial charge in [0.1, 0.15) is 24.4 Å². The van der Waals surface area contributed by atoms with Crippen molar-refractivity contribution in [3.8, 4) is 0 Å². The lowest BCUT2D eigenvalue weighted by molar-refractivity contribution is -0.235. The number of carbonyl (C=O) groups excluding carboxylic acids is 1. The molecule has 116 valence electrons. The Balaban J connectivity index is 0. The standard InChI is InChI=1S/C8H15NO6.2C2H6/c1-3(11)9-8-7(14)6(13)5(12)4(2-10)15-8;2*1-2/h4-8,10,12-14H,2H2,1H3,(H,9,11);2*1-2H3. The van der Waals surface area contributed by atoms with E-state index >= 15 is 0 Å². The van der Waals surface area contributed by atoms with Gasteiger partial charge in [0.2, 0.25) is 5.91 Å². The number of amides is 1. The van der Waals surface area contributed by atoms with Gasteiger partial charge in [-0.05, 0) is 0 Å².